The van der Waals surface area contributed by atoms with Gasteiger partial charge in [-0.15, -0.1) is 0 Å². The van der Waals surface area contributed by atoms with Gasteiger partial charge in [0.15, 0.2) is 6.61 Å². The molecule has 1 unspecified atom stereocenters. The molecule has 4 rings (SSSR count). The topological polar surface area (TPSA) is 132 Å². The fourth-order valence-corrected chi connectivity index (χ4v) is 4.82. The number of aryl methyl sites for hydroxylation is 1. The molecule has 2 saturated heterocycles. The van der Waals surface area contributed by atoms with E-state index >= 15 is 0 Å². The second kappa shape index (κ2) is 12.3. The van der Waals surface area contributed by atoms with Crippen molar-refractivity contribution < 1.29 is 33.7 Å². The Hall–Kier alpha value is -3.89. The number of hydrogen-bond acceptors (Lipinski definition) is 8. The zero-order chi connectivity index (χ0) is 28.1. The predicted octanol–water partition coefficient (Wildman–Crippen LogP) is 2.40. The highest BCUT2D eigenvalue weighted by Crippen LogP contribution is 2.40. The van der Waals surface area contributed by atoms with E-state index in [1.165, 1.54) is 4.90 Å². The lowest BCUT2D eigenvalue weighted by Crippen LogP contribution is -2.42. The summed E-state index contributed by atoms with van der Waals surface area (Å²) >= 11 is 0. The lowest BCUT2D eigenvalue weighted by molar-refractivity contribution is -0.140. The van der Waals surface area contributed by atoms with Crippen LogP contribution in [0, 0.1) is 6.92 Å². The number of rotatable bonds is 10. The molecule has 2 aromatic carbocycles. The first kappa shape index (κ1) is 28.1. The predicted molar refractivity (Wildman–Crippen MR) is 144 cm³/mol. The van der Waals surface area contributed by atoms with Crippen LogP contribution < -0.4 is 15.2 Å². The maximum Gasteiger partial charge on any atom is 0.295 e. The molecule has 0 saturated carbocycles. The van der Waals surface area contributed by atoms with Crippen LogP contribution >= 0.6 is 0 Å². The Morgan fingerprint density at radius 1 is 1.08 bits per heavy atom. The Bertz CT molecular complexity index is 1250. The number of carbonyl (C=O) groups is 3. The fourth-order valence-electron chi connectivity index (χ4n) is 4.82. The minimum Gasteiger partial charge on any atom is -0.507 e. The molecule has 2 fully saturated rings. The van der Waals surface area contributed by atoms with Gasteiger partial charge in [-0.3, -0.25) is 19.3 Å². The van der Waals surface area contributed by atoms with Crippen LogP contribution in [0.1, 0.15) is 36.6 Å². The lowest BCUT2D eigenvalue weighted by atomic mass is 9.94. The average Bonchev–Trinajstić information content (AvgIpc) is 3.16. The number of amides is 2. The molecule has 2 aliphatic heterocycles. The summed E-state index contributed by atoms with van der Waals surface area (Å²) in [5, 5.41) is 11.5. The van der Waals surface area contributed by atoms with Gasteiger partial charge < -0.3 is 30.0 Å². The number of Topliss-reactive ketones (excluding diaryl/α,β-unsaturated/α-hetero) is 1. The summed E-state index contributed by atoms with van der Waals surface area (Å²) < 4.78 is 16.5. The van der Waals surface area contributed by atoms with Gasteiger partial charge in [-0.2, -0.15) is 0 Å². The van der Waals surface area contributed by atoms with Crippen LogP contribution in [-0.4, -0.2) is 84.6 Å². The standard InChI is InChI=1S/C29H35N3O7/c1-18(2)39-22-8-9-23(19(3)16-22)27(34)25-26(20-4-6-21(7-5-20)38-17-24(30)33)32(29(36)28(25)35)11-10-31-12-14-37-15-13-31/h4-9,16,18,26,34H,10-15,17H2,1-3H3,(H2,30,33)/b27-25+. The highest BCUT2D eigenvalue weighted by atomic mass is 16.5. The lowest BCUT2D eigenvalue weighted by Gasteiger charge is -2.31. The third kappa shape index (κ3) is 6.58. The first-order valence-corrected chi connectivity index (χ1v) is 13.0. The molecule has 2 aromatic rings. The molecule has 3 N–H and O–H groups in total. The molecular weight excluding hydrogens is 502 g/mol. The fraction of sp³-hybridized carbons (Fsp3) is 0.414. The Morgan fingerprint density at radius 2 is 1.74 bits per heavy atom. The van der Waals surface area contributed by atoms with E-state index in [0.29, 0.717) is 54.5 Å². The summed E-state index contributed by atoms with van der Waals surface area (Å²) in [4.78, 5) is 41.5. The summed E-state index contributed by atoms with van der Waals surface area (Å²) in [7, 11) is 0. The normalized spacial score (nSPS) is 19.5. The van der Waals surface area contributed by atoms with Gasteiger partial charge >= 0.3 is 0 Å². The van der Waals surface area contributed by atoms with E-state index in [4.69, 9.17) is 19.9 Å². The van der Waals surface area contributed by atoms with Crippen LogP contribution in [0.2, 0.25) is 0 Å². The number of ether oxygens (including phenoxy) is 3. The van der Waals surface area contributed by atoms with Gasteiger partial charge in [0.1, 0.15) is 17.3 Å². The van der Waals surface area contributed by atoms with E-state index in [9.17, 15) is 19.5 Å². The van der Waals surface area contributed by atoms with Crippen molar-refractivity contribution in [3.8, 4) is 11.5 Å². The highest BCUT2D eigenvalue weighted by Gasteiger charge is 2.46. The van der Waals surface area contributed by atoms with E-state index in [1.54, 1.807) is 42.5 Å². The minimum absolute atomic E-state index is 0.0180. The van der Waals surface area contributed by atoms with E-state index in [-0.39, 0.29) is 24.0 Å². The van der Waals surface area contributed by atoms with Crippen molar-refractivity contribution in [2.45, 2.75) is 32.9 Å². The van der Waals surface area contributed by atoms with Gasteiger partial charge in [-0.1, -0.05) is 12.1 Å². The molecular formula is C29H35N3O7. The summed E-state index contributed by atoms with van der Waals surface area (Å²) in [6, 6.07) is 11.1. The van der Waals surface area contributed by atoms with Crippen molar-refractivity contribution in [1.29, 1.82) is 0 Å². The SMILES string of the molecule is Cc1cc(OC(C)C)ccc1/C(O)=C1\C(=O)C(=O)N(CCN2CCOCC2)C1c1ccc(OCC(N)=O)cc1. The number of morpholine rings is 1. The number of ketones is 1. The van der Waals surface area contributed by atoms with Crippen molar-refractivity contribution >= 4 is 23.4 Å². The summed E-state index contributed by atoms with van der Waals surface area (Å²) in [5.41, 5.74) is 6.97. The zero-order valence-electron chi connectivity index (χ0n) is 22.5. The maximum absolute atomic E-state index is 13.4. The molecule has 2 amide bonds. The second-order valence-electron chi connectivity index (χ2n) is 9.91. The number of aliphatic hydroxyl groups is 1. The minimum atomic E-state index is -0.803. The summed E-state index contributed by atoms with van der Waals surface area (Å²) in [5.74, 6) is -1.19. The van der Waals surface area contributed by atoms with Crippen molar-refractivity contribution in [3.05, 3.63) is 64.7 Å². The van der Waals surface area contributed by atoms with Gasteiger partial charge in [0.25, 0.3) is 17.6 Å². The Morgan fingerprint density at radius 3 is 2.36 bits per heavy atom. The van der Waals surface area contributed by atoms with Crippen LogP contribution in [0.15, 0.2) is 48.0 Å². The van der Waals surface area contributed by atoms with Crippen LogP contribution in [0.25, 0.3) is 5.76 Å². The number of benzene rings is 2. The molecule has 0 aliphatic carbocycles. The first-order chi connectivity index (χ1) is 18.7. The summed E-state index contributed by atoms with van der Waals surface area (Å²) in [6.45, 7) is 8.96. The van der Waals surface area contributed by atoms with Crippen LogP contribution in [-0.2, 0) is 19.1 Å². The number of primary amides is 1. The van der Waals surface area contributed by atoms with E-state index in [2.05, 4.69) is 4.90 Å². The number of carbonyl (C=O) groups excluding carboxylic acids is 3. The molecule has 2 heterocycles. The molecule has 39 heavy (non-hydrogen) atoms. The number of hydrogen-bond donors (Lipinski definition) is 2. The second-order valence-corrected chi connectivity index (χ2v) is 9.91. The van der Waals surface area contributed by atoms with Crippen LogP contribution in [0.3, 0.4) is 0 Å². The molecule has 10 nitrogen and oxygen atoms in total. The van der Waals surface area contributed by atoms with E-state index in [1.807, 2.05) is 20.8 Å². The molecule has 0 bridgehead atoms. The Labute approximate surface area is 227 Å². The quantitative estimate of drug-likeness (QED) is 0.268. The molecule has 10 heteroatoms. The largest absolute Gasteiger partial charge is 0.507 e. The smallest absolute Gasteiger partial charge is 0.295 e. The third-order valence-corrected chi connectivity index (χ3v) is 6.70. The Kier molecular flexibility index (Phi) is 8.88. The number of nitrogens with two attached hydrogens (primary N) is 1. The van der Waals surface area contributed by atoms with Crippen molar-refractivity contribution in [2.24, 2.45) is 5.73 Å². The van der Waals surface area contributed by atoms with E-state index < -0.39 is 23.6 Å². The molecule has 0 aromatic heterocycles. The average molecular weight is 538 g/mol. The molecule has 0 radical (unpaired) electrons. The first-order valence-electron chi connectivity index (χ1n) is 13.0. The van der Waals surface area contributed by atoms with Crippen molar-refractivity contribution in [1.82, 2.24) is 9.80 Å². The van der Waals surface area contributed by atoms with E-state index in [0.717, 1.165) is 13.1 Å². The van der Waals surface area contributed by atoms with Gasteiger partial charge in [0.2, 0.25) is 0 Å². The van der Waals surface area contributed by atoms with Crippen molar-refractivity contribution in [3.63, 3.8) is 0 Å². The van der Waals surface area contributed by atoms with Gasteiger partial charge in [0, 0.05) is 31.7 Å². The number of likely N-dealkylation sites (tertiary alicyclic amines) is 1. The van der Waals surface area contributed by atoms with Gasteiger partial charge in [-0.05, 0) is 62.2 Å². The van der Waals surface area contributed by atoms with Gasteiger partial charge in [0.05, 0.1) is 30.9 Å². The van der Waals surface area contributed by atoms with Crippen molar-refractivity contribution in [2.75, 3.05) is 46.0 Å². The van der Waals surface area contributed by atoms with Crippen LogP contribution in [0.4, 0.5) is 0 Å². The summed E-state index contributed by atoms with van der Waals surface area (Å²) in [6.07, 6.45) is -0.0180. The molecule has 208 valence electrons. The monoisotopic (exact) mass is 537 g/mol. The highest BCUT2D eigenvalue weighted by molar-refractivity contribution is 6.46. The third-order valence-electron chi connectivity index (χ3n) is 6.70. The molecule has 1 atom stereocenters. The number of nitrogens with zero attached hydrogens (tertiary/aromatic N) is 2. The zero-order valence-corrected chi connectivity index (χ0v) is 22.5. The molecule has 0 spiro atoms. The molecule has 2 aliphatic rings. The Balaban J connectivity index is 1.71. The number of aliphatic hydroxyl groups excluding tert-OH is 1. The maximum atomic E-state index is 13.4. The van der Waals surface area contributed by atoms with Gasteiger partial charge in [-0.25, -0.2) is 0 Å². The van der Waals surface area contributed by atoms with Crippen LogP contribution in [0.5, 0.6) is 11.5 Å².